The zero-order valence-corrected chi connectivity index (χ0v) is 48.8. The number of nitrogens with two attached hydrogens (primary N) is 4. The molecule has 0 unspecified atom stereocenters. The van der Waals surface area contributed by atoms with E-state index in [2.05, 4.69) is 41.9 Å². The molecule has 3 heterocycles. The Bertz CT molecular complexity index is 2400. The highest BCUT2D eigenvalue weighted by Crippen LogP contribution is 2.30. The Kier molecular flexibility index (Phi) is 33.6. The van der Waals surface area contributed by atoms with Gasteiger partial charge in [0.2, 0.25) is 41.1 Å². The number of hydrogen-bond acceptors (Lipinski definition) is 25. The first kappa shape index (κ1) is 72.0. The van der Waals surface area contributed by atoms with Crippen LogP contribution in [0.3, 0.4) is 0 Å². The maximum Gasteiger partial charge on any atom is 0.508 e. The molecule has 0 bridgehead atoms. The molecule has 0 aromatic rings. The van der Waals surface area contributed by atoms with E-state index in [1.54, 1.807) is 0 Å². The first-order chi connectivity index (χ1) is 41.2. The monoisotopic (exact) mass is 1230 g/mol. The summed E-state index contributed by atoms with van der Waals surface area (Å²) in [6, 6.07) is -4.25. The van der Waals surface area contributed by atoms with E-state index in [0.717, 1.165) is 21.3 Å². The summed E-state index contributed by atoms with van der Waals surface area (Å²) < 4.78 is 75.6. The van der Waals surface area contributed by atoms with Crippen molar-refractivity contribution in [2.75, 3.05) is 127 Å². The molecule has 9 atom stereocenters. The number of cyclic esters (lactones) is 2. The van der Waals surface area contributed by atoms with Gasteiger partial charge in [-0.2, -0.15) is 0 Å². The van der Waals surface area contributed by atoms with Crippen molar-refractivity contribution in [2.45, 2.75) is 101 Å². The van der Waals surface area contributed by atoms with Gasteiger partial charge in [-0.1, -0.05) is 5.92 Å². The largest absolute Gasteiger partial charge is 0.508 e. The van der Waals surface area contributed by atoms with Gasteiger partial charge in [-0.3, -0.25) is 24.0 Å². The lowest BCUT2D eigenvalue weighted by Crippen LogP contribution is -2.60. The second-order valence-electron chi connectivity index (χ2n) is 18.6. The summed E-state index contributed by atoms with van der Waals surface area (Å²) in [5.41, 5.74) is 22.8. The van der Waals surface area contributed by atoms with Crippen molar-refractivity contribution >= 4 is 65.7 Å². The third kappa shape index (κ3) is 27.2. The number of amides is 5. The lowest BCUT2D eigenvalue weighted by atomic mass is 9.92. The molecule has 482 valence electrons. The van der Waals surface area contributed by atoms with Crippen molar-refractivity contribution in [2.24, 2.45) is 32.9 Å². The van der Waals surface area contributed by atoms with Gasteiger partial charge < -0.3 is 115 Å². The summed E-state index contributed by atoms with van der Waals surface area (Å²) in [6.45, 7) is 3.10. The molecule has 0 radical (unpaired) electrons. The van der Waals surface area contributed by atoms with Crippen molar-refractivity contribution in [1.29, 1.82) is 0 Å². The number of aliphatic imine (C=N–C) groups is 2. The molecule has 0 spiro atoms. The van der Waals surface area contributed by atoms with Gasteiger partial charge in [0.15, 0.2) is 24.1 Å². The van der Waals surface area contributed by atoms with E-state index in [1.807, 2.05) is 0 Å². The molecule has 1 fully saturated rings. The predicted octanol–water partition coefficient (Wildman–Crippen LogP) is -4.01. The number of terminal acetylenes is 1. The number of hydrogen-bond donors (Lipinski definition) is 8. The van der Waals surface area contributed by atoms with Crippen LogP contribution in [0.25, 0.3) is 0 Å². The van der Waals surface area contributed by atoms with Crippen LogP contribution in [0.15, 0.2) is 33.7 Å². The van der Waals surface area contributed by atoms with Crippen LogP contribution in [0.2, 0.25) is 0 Å². The summed E-state index contributed by atoms with van der Waals surface area (Å²) in [5.74, 6) is -3.21. The molecule has 1 saturated heterocycles. The van der Waals surface area contributed by atoms with Crippen LogP contribution in [0.1, 0.15) is 46.0 Å². The number of carbonyl (C=O) groups is 9. The van der Waals surface area contributed by atoms with Crippen LogP contribution in [0.5, 0.6) is 0 Å². The van der Waals surface area contributed by atoms with E-state index in [4.69, 9.17) is 90.9 Å². The molecule has 0 aromatic heterocycles. The Hall–Kier alpha value is -8.23. The molecular formula is C52H81N11O23. The van der Waals surface area contributed by atoms with E-state index in [1.165, 1.54) is 30.9 Å². The molecule has 3 aliphatic rings. The zero-order chi connectivity index (χ0) is 63.4. The van der Waals surface area contributed by atoms with Gasteiger partial charge in [0, 0.05) is 59.3 Å². The molecular weight excluding hydrogens is 1150 g/mol. The topological polar surface area (TPSA) is 463 Å². The van der Waals surface area contributed by atoms with E-state index >= 15 is 0 Å². The van der Waals surface area contributed by atoms with Crippen molar-refractivity contribution < 1.29 is 109 Å². The Balaban J connectivity index is 1.67. The highest BCUT2D eigenvalue weighted by atomic mass is 16.8. The molecule has 0 aromatic carbocycles. The van der Waals surface area contributed by atoms with Gasteiger partial charge in [-0.15, -0.1) is 6.42 Å². The Morgan fingerprint density at radius 1 is 0.663 bits per heavy atom. The average Bonchev–Trinajstić information content (AvgIpc) is 3.18. The summed E-state index contributed by atoms with van der Waals surface area (Å²) in [7, 11) is 3.35. The fraction of sp³-hybridized carbons (Fsp3) is 0.673. The molecule has 86 heavy (non-hydrogen) atoms. The maximum absolute atomic E-state index is 13.6. The summed E-state index contributed by atoms with van der Waals surface area (Å²) in [6.07, 6.45) is -0.598. The van der Waals surface area contributed by atoms with Crippen LogP contribution in [-0.2, 0) is 99.9 Å². The SMILES string of the molecule is C#CCOCCOCCOCCOCCC(=O)N(CCCC(=O)NCCO[C@@H]([C@@H]1OC(C(=O)OC)=C[C@H](N=C(N)N)[C@H]1NC(C)=O)[C@H]1COC(=O)O1)CCC(=O)NCCO[C@H](CCOC(=O)OC)[C@@H]1OC(C(=O)OC)=C[C@H](N=C(N)N)[C@H]1NC(C)=O. The number of carbonyl (C=O) groups excluding carboxylic acids is 9. The van der Waals surface area contributed by atoms with Gasteiger partial charge in [-0.05, 0) is 18.6 Å². The number of nitrogens with zero attached hydrogens (tertiary/aromatic N) is 3. The summed E-state index contributed by atoms with van der Waals surface area (Å²) in [5, 5.41) is 10.8. The van der Waals surface area contributed by atoms with Gasteiger partial charge in [0.1, 0.15) is 25.4 Å². The third-order valence-electron chi connectivity index (χ3n) is 12.2. The average molecular weight is 1230 g/mol. The first-order valence-corrected chi connectivity index (χ1v) is 27.2. The second kappa shape index (κ2) is 40.2. The molecule has 3 aliphatic heterocycles. The Labute approximate surface area is 496 Å². The number of esters is 2. The molecule has 0 aliphatic carbocycles. The predicted molar refractivity (Wildman–Crippen MR) is 296 cm³/mol. The highest BCUT2D eigenvalue weighted by molar-refractivity contribution is 5.88. The van der Waals surface area contributed by atoms with Crippen LogP contribution in [-0.4, -0.2) is 252 Å². The molecule has 3 rings (SSSR count). The first-order valence-electron chi connectivity index (χ1n) is 27.2. The second-order valence-corrected chi connectivity index (χ2v) is 18.6. The van der Waals surface area contributed by atoms with Crippen molar-refractivity contribution in [3.05, 3.63) is 23.7 Å². The van der Waals surface area contributed by atoms with E-state index in [0.29, 0.717) is 26.4 Å². The van der Waals surface area contributed by atoms with Gasteiger partial charge in [0.05, 0.1) is 124 Å². The third-order valence-corrected chi connectivity index (χ3v) is 12.2. The Morgan fingerprint density at radius 2 is 1.19 bits per heavy atom. The quantitative estimate of drug-likeness (QED) is 0.00724. The number of nitrogens with one attached hydrogen (secondary N) is 4. The lowest BCUT2D eigenvalue weighted by Gasteiger charge is -2.40. The molecule has 34 heteroatoms. The minimum atomic E-state index is -1.29. The summed E-state index contributed by atoms with van der Waals surface area (Å²) in [4.78, 5) is 124. The smallest absolute Gasteiger partial charge is 0.478 e. The van der Waals surface area contributed by atoms with E-state index < -0.39 is 103 Å². The fourth-order valence-electron chi connectivity index (χ4n) is 8.50. The van der Waals surface area contributed by atoms with Crippen LogP contribution in [0.4, 0.5) is 9.59 Å². The highest BCUT2D eigenvalue weighted by Gasteiger charge is 2.49. The minimum absolute atomic E-state index is 0.00849. The van der Waals surface area contributed by atoms with Crippen LogP contribution >= 0.6 is 0 Å². The lowest BCUT2D eigenvalue weighted by molar-refractivity contribution is -0.151. The number of rotatable bonds is 40. The van der Waals surface area contributed by atoms with Crippen LogP contribution in [0, 0.1) is 12.3 Å². The molecule has 0 saturated carbocycles. The van der Waals surface area contributed by atoms with Gasteiger partial charge in [0.25, 0.3) is 0 Å². The number of ether oxygens (including phenoxy) is 14. The molecule has 34 nitrogen and oxygen atoms in total. The fourth-order valence-corrected chi connectivity index (χ4v) is 8.50. The van der Waals surface area contributed by atoms with Crippen molar-refractivity contribution in [1.82, 2.24) is 26.2 Å². The standard InChI is InChI=1S/C52H81N11O23/c1-7-17-76-22-24-78-26-27-79-25-23-77-18-12-41(68)63(16-10-40(67)58-13-20-80-35(11-19-82-51(71)75-6)44-42(59-31(2)64)33(61-49(53)54)28-36(84-44)47(69)73-4)15-8-9-39(66)57-14-21-81-45(38-30-83-52(72)86-38)46-43(60-32(3)65)34(62-50(55)56)29-37(85-46)48(70)74-5/h1,28-29,33-35,38,42-46H,8-27,30H2,2-6H3,(H,57,66)(H,58,67)(H,59,64)(H,60,65)(H4,53,54,61)(H4,55,56,62)/t33-,34-,35+,38+,42+,43+,44-,45+,46+/m0/s1. The van der Waals surface area contributed by atoms with Gasteiger partial charge >= 0.3 is 24.2 Å². The maximum atomic E-state index is 13.6. The molecule has 12 N–H and O–H groups in total. The number of guanidine groups is 2. The van der Waals surface area contributed by atoms with Crippen molar-refractivity contribution in [3.8, 4) is 12.3 Å². The normalized spacial score (nSPS) is 20.1. The van der Waals surface area contributed by atoms with Crippen LogP contribution < -0.4 is 44.2 Å². The zero-order valence-electron chi connectivity index (χ0n) is 48.8. The number of methoxy groups -OCH3 is 3. The van der Waals surface area contributed by atoms with Crippen molar-refractivity contribution in [3.63, 3.8) is 0 Å². The Morgan fingerprint density at radius 3 is 1.70 bits per heavy atom. The van der Waals surface area contributed by atoms with E-state index in [-0.39, 0.29) is 140 Å². The van der Waals surface area contributed by atoms with E-state index in [9.17, 15) is 43.2 Å². The minimum Gasteiger partial charge on any atom is -0.478 e. The summed E-state index contributed by atoms with van der Waals surface area (Å²) >= 11 is 0. The molecule has 5 amide bonds. The van der Waals surface area contributed by atoms with Gasteiger partial charge in [-0.25, -0.2) is 29.2 Å².